The van der Waals surface area contributed by atoms with Gasteiger partial charge in [0.1, 0.15) is 5.69 Å². The predicted molar refractivity (Wildman–Crippen MR) is 176 cm³/mol. The second-order valence-corrected chi connectivity index (χ2v) is 13.7. The zero-order valence-corrected chi connectivity index (χ0v) is 26.5. The van der Waals surface area contributed by atoms with E-state index in [1.165, 1.54) is 6.07 Å². The van der Waals surface area contributed by atoms with Crippen molar-refractivity contribution >= 4 is 46.7 Å². The highest BCUT2D eigenvalue weighted by Gasteiger charge is 2.25. The molecule has 1 amide bonds. The van der Waals surface area contributed by atoms with Crippen LogP contribution in [-0.2, 0) is 0 Å². The molecule has 0 saturated carbocycles. The van der Waals surface area contributed by atoms with Gasteiger partial charge in [-0.15, -0.1) is 11.8 Å². The molecule has 1 saturated heterocycles. The fourth-order valence-electron chi connectivity index (χ4n) is 4.75. The van der Waals surface area contributed by atoms with Crippen LogP contribution in [0.15, 0.2) is 82.6 Å². The summed E-state index contributed by atoms with van der Waals surface area (Å²) < 4.78 is 2.83. The standard InChI is InChI=1S/C32H41N5O3S2/c1-32(2)17-20-36(21-18-32)26-12-10-24(11-13-26)31(38)34-42-28-14-15-29(30(22-28)37(39)40)33-25(16-19-35(3)4)23-41-27-8-6-5-7-9-27/h5-15,22,25,33H,16-21,23H2,1-4H3,(H,34,38)/t25-/m1/s1. The predicted octanol–water partition coefficient (Wildman–Crippen LogP) is 7.18. The molecule has 0 bridgehead atoms. The minimum absolute atomic E-state index is 0.0112. The van der Waals surface area contributed by atoms with E-state index in [-0.39, 0.29) is 22.6 Å². The molecular formula is C32H41N5O3S2. The summed E-state index contributed by atoms with van der Waals surface area (Å²) in [4.78, 5) is 30.7. The number of nitrogens with zero attached hydrogens (tertiary/aromatic N) is 3. The van der Waals surface area contributed by atoms with E-state index in [0.717, 1.165) is 67.2 Å². The van der Waals surface area contributed by atoms with Crippen molar-refractivity contribution in [3.8, 4) is 0 Å². The van der Waals surface area contributed by atoms with Crippen molar-refractivity contribution in [1.29, 1.82) is 0 Å². The molecule has 0 spiro atoms. The first-order valence-electron chi connectivity index (χ1n) is 14.3. The number of rotatable bonds is 13. The van der Waals surface area contributed by atoms with Crippen molar-refractivity contribution in [3.63, 3.8) is 0 Å². The Hall–Kier alpha value is -3.21. The zero-order chi connectivity index (χ0) is 30.1. The van der Waals surface area contributed by atoms with Crippen LogP contribution in [0.25, 0.3) is 0 Å². The first-order valence-corrected chi connectivity index (χ1v) is 16.1. The molecule has 1 heterocycles. The Balaban J connectivity index is 1.37. The van der Waals surface area contributed by atoms with Crippen LogP contribution in [0.5, 0.6) is 0 Å². The number of nitro groups is 1. The van der Waals surface area contributed by atoms with Crippen molar-refractivity contribution in [3.05, 3.63) is 88.5 Å². The topological polar surface area (TPSA) is 90.8 Å². The van der Waals surface area contributed by atoms with Gasteiger partial charge in [-0.2, -0.15) is 0 Å². The molecule has 1 fully saturated rings. The Bertz CT molecular complexity index is 1330. The molecule has 10 heteroatoms. The first-order chi connectivity index (χ1) is 20.1. The second-order valence-electron chi connectivity index (χ2n) is 11.7. The molecular weight excluding hydrogens is 567 g/mol. The van der Waals surface area contributed by atoms with Gasteiger partial charge < -0.3 is 15.1 Å². The van der Waals surface area contributed by atoms with Gasteiger partial charge in [0.25, 0.3) is 11.6 Å². The summed E-state index contributed by atoms with van der Waals surface area (Å²) in [6.07, 6.45) is 3.14. The summed E-state index contributed by atoms with van der Waals surface area (Å²) in [5, 5.41) is 15.4. The number of anilines is 2. The number of carbonyl (C=O) groups is 1. The molecule has 2 N–H and O–H groups in total. The number of benzene rings is 3. The highest BCUT2D eigenvalue weighted by molar-refractivity contribution is 7.99. The van der Waals surface area contributed by atoms with E-state index in [9.17, 15) is 14.9 Å². The van der Waals surface area contributed by atoms with Crippen LogP contribution in [0.4, 0.5) is 17.1 Å². The summed E-state index contributed by atoms with van der Waals surface area (Å²) in [5.74, 6) is 0.536. The van der Waals surface area contributed by atoms with Gasteiger partial charge in [-0.1, -0.05) is 32.0 Å². The number of hydrogen-bond donors (Lipinski definition) is 2. The molecule has 42 heavy (non-hydrogen) atoms. The van der Waals surface area contributed by atoms with Gasteiger partial charge >= 0.3 is 0 Å². The van der Waals surface area contributed by atoms with E-state index in [2.05, 4.69) is 45.8 Å². The van der Waals surface area contributed by atoms with Gasteiger partial charge in [0, 0.05) is 52.0 Å². The van der Waals surface area contributed by atoms with Crippen molar-refractivity contribution in [2.75, 3.05) is 49.7 Å². The van der Waals surface area contributed by atoms with E-state index in [1.54, 1.807) is 23.9 Å². The molecule has 0 unspecified atom stereocenters. The van der Waals surface area contributed by atoms with Crippen molar-refractivity contribution in [1.82, 2.24) is 9.62 Å². The summed E-state index contributed by atoms with van der Waals surface area (Å²) in [5.41, 5.74) is 2.52. The third-order valence-electron chi connectivity index (χ3n) is 7.52. The minimum atomic E-state index is -0.373. The molecule has 0 radical (unpaired) electrons. The fourth-order valence-corrected chi connectivity index (χ4v) is 6.38. The third-order valence-corrected chi connectivity index (χ3v) is 9.47. The van der Waals surface area contributed by atoms with E-state index < -0.39 is 0 Å². The molecule has 4 rings (SSSR count). The van der Waals surface area contributed by atoms with Gasteiger partial charge in [0.05, 0.1) is 4.92 Å². The van der Waals surface area contributed by atoms with Crippen LogP contribution >= 0.6 is 23.7 Å². The number of nitro benzene ring substituents is 1. The number of piperidine rings is 1. The van der Waals surface area contributed by atoms with Gasteiger partial charge in [-0.05, 0) is 106 Å². The average Bonchev–Trinajstić information content (AvgIpc) is 2.98. The minimum Gasteiger partial charge on any atom is -0.376 e. The second kappa shape index (κ2) is 14.8. The Morgan fingerprint density at radius 1 is 1.02 bits per heavy atom. The van der Waals surface area contributed by atoms with Gasteiger partial charge in [0.2, 0.25) is 0 Å². The van der Waals surface area contributed by atoms with Crippen LogP contribution in [0.1, 0.15) is 43.5 Å². The number of thioether (sulfide) groups is 1. The smallest absolute Gasteiger partial charge is 0.293 e. The number of amides is 1. The average molecular weight is 608 g/mol. The van der Waals surface area contributed by atoms with Crippen LogP contribution < -0.4 is 14.9 Å². The van der Waals surface area contributed by atoms with Crippen molar-refractivity contribution in [2.24, 2.45) is 5.41 Å². The van der Waals surface area contributed by atoms with Crippen LogP contribution in [-0.4, -0.2) is 61.3 Å². The lowest BCUT2D eigenvalue weighted by atomic mass is 9.82. The monoisotopic (exact) mass is 607 g/mol. The molecule has 1 atom stereocenters. The quantitative estimate of drug-likeness (QED) is 0.0914. The maximum Gasteiger partial charge on any atom is 0.293 e. The van der Waals surface area contributed by atoms with Gasteiger partial charge in [-0.3, -0.25) is 19.6 Å². The van der Waals surface area contributed by atoms with E-state index >= 15 is 0 Å². The Labute approximate surface area is 257 Å². The lowest BCUT2D eigenvalue weighted by Crippen LogP contribution is -2.37. The summed E-state index contributed by atoms with van der Waals surface area (Å²) >= 11 is 2.81. The highest BCUT2D eigenvalue weighted by Crippen LogP contribution is 2.33. The zero-order valence-electron chi connectivity index (χ0n) is 24.8. The molecule has 3 aromatic carbocycles. The summed E-state index contributed by atoms with van der Waals surface area (Å²) in [6.45, 7) is 7.51. The molecule has 1 aliphatic rings. The van der Waals surface area contributed by atoms with Crippen molar-refractivity contribution < 1.29 is 9.72 Å². The van der Waals surface area contributed by atoms with Crippen molar-refractivity contribution in [2.45, 2.75) is 48.9 Å². The summed E-state index contributed by atoms with van der Waals surface area (Å²) in [7, 11) is 4.04. The maximum atomic E-state index is 12.8. The molecule has 3 aromatic rings. The number of nitrogens with one attached hydrogen (secondary N) is 2. The fraction of sp³-hybridized carbons (Fsp3) is 0.406. The Kier molecular flexibility index (Phi) is 11.2. The maximum absolute atomic E-state index is 12.8. The Morgan fingerprint density at radius 3 is 2.36 bits per heavy atom. The number of hydrogen-bond acceptors (Lipinski definition) is 8. The molecule has 0 aliphatic carbocycles. The highest BCUT2D eigenvalue weighted by atomic mass is 32.2. The number of carbonyl (C=O) groups excluding carboxylic acids is 1. The molecule has 0 aromatic heterocycles. The van der Waals surface area contributed by atoms with Gasteiger partial charge in [-0.25, -0.2) is 0 Å². The van der Waals surface area contributed by atoms with Gasteiger partial charge in [0.15, 0.2) is 0 Å². The van der Waals surface area contributed by atoms with Crippen LogP contribution in [0.3, 0.4) is 0 Å². The SMILES string of the molecule is CN(C)CC[C@H](CSc1ccccc1)Nc1ccc(SNC(=O)c2ccc(N3CCC(C)(C)CC3)cc2)cc1[N+](=O)[O-]. The lowest BCUT2D eigenvalue weighted by molar-refractivity contribution is -0.384. The van der Waals surface area contributed by atoms with E-state index in [1.807, 2.05) is 56.6 Å². The first kappa shape index (κ1) is 31.7. The molecule has 224 valence electrons. The largest absolute Gasteiger partial charge is 0.376 e. The van der Waals surface area contributed by atoms with Crippen LogP contribution in [0.2, 0.25) is 0 Å². The summed E-state index contributed by atoms with van der Waals surface area (Å²) in [6, 6.07) is 22.9. The lowest BCUT2D eigenvalue weighted by Gasteiger charge is -2.38. The van der Waals surface area contributed by atoms with Crippen LogP contribution in [0, 0.1) is 15.5 Å². The Morgan fingerprint density at radius 2 is 1.71 bits per heavy atom. The normalized spacial score (nSPS) is 15.3. The van der Waals surface area contributed by atoms with E-state index in [4.69, 9.17) is 0 Å². The molecule has 8 nitrogen and oxygen atoms in total. The molecule has 1 aliphatic heterocycles. The third kappa shape index (κ3) is 9.40. The van der Waals surface area contributed by atoms with E-state index in [0.29, 0.717) is 21.6 Å².